The zero-order chi connectivity index (χ0) is 70.6. The number of nitrogens with zero attached hydrogens (tertiary/aromatic N) is 5. The fourth-order valence-electron chi connectivity index (χ4n) is 11.1. The van der Waals surface area contributed by atoms with E-state index in [9.17, 15) is 65.8 Å². The number of carbonyl (C=O) groups is 11. The first-order valence-corrected chi connectivity index (χ1v) is 31.9. The van der Waals surface area contributed by atoms with Gasteiger partial charge in [-0.3, -0.25) is 63.5 Å². The van der Waals surface area contributed by atoms with Gasteiger partial charge in [0.2, 0.25) is 47.3 Å². The van der Waals surface area contributed by atoms with Gasteiger partial charge in [0.25, 0.3) is 0 Å². The zero-order valence-corrected chi connectivity index (χ0v) is 57.9. The molecule has 0 spiro atoms. The van der Waals surface area contributed by atoms with Crippen molar-refractivity contribution in [2.45, 2.75) is 246 Å². The molecule has 0 saturated carbocycles. The van der Waals surface area contributed by atoms with E-state index in [1.54, 1.807) is 48.6 Å². The van der Waals surface area contributed by atoms with E-state index < -0.39 is 150 Å². The van der Waals surface area contributed by atoms with Crippen LogP contribution < -0.4 is 37.2 Å². The number of likely N-dealkylation sites (tertiary alicyclic amines) is 1. The van der Waals surface area contributed by atoms with Crippen molar-refractivity contribution in [1.29, 1.82) is 0 Å². The van der Waals surface area contributed by atoms with Crippen molar-refractivity contribution in [1.82, 2.24) is 61.7 Å². The molecule has 0 aliphatic carbocycles. The Kier molecular flexibility index (Phi) is 33.6. The molecule has 8 amide bonds. The molecule has 91 heavy (non-hydrogen) atoms. The molecule has 13 unspecified atom stereocenters. The first-order valence-electron chi connectivity index (χ1n) is 31.9. The second-order valence-electron chi connectivity index (χ2n) is 27.4. The SMILES string of the molecule is CCC(NC(=O)C(CCC(C)CCN1CC(F)(F)C(F)(F)C1)N(C)C(=O)C(C(C)O)N(C)C(=O)C(CC(C)C)N(C)C(=O)C(CC(C)C)NC(=O)C(C)NC(C)(C=O)NC(=O)C(CC(C)C)NC)C(=O)N(C)C(C)C(=O)NC(C=O)(CC(C)C)NC(C=O)C(C)C. The lowest BCUT2D eigenvalue weighted by Gasteiger charge is -2.40. The van der Waals surface area contributed by atoms with Crippen LogP contribution in [0.2, 0.25) is 0 Å². The lowest BCUT2D eigenvalue weighted by molar-refractivity contribution is -0.172. The molecule has 524 valence electrons. The molecule has 1 heterocycles. The molecule has 28 heteroatoms. The van der Waals surface area contributed by atoms with Crippen LogP contribution >= 0.6 is 0 Å². The van der Waals surface area contributed by atoms with E-state index in [0.29, 0.717) is 25.3 Å². The Morgan fingerprint density at radius 1 is 0.571 bits per heavy atom. The Bertz CT molecular complexity index is 2430. The fourth-order valence-corrected chi connectivity index (χ4v) is 11.1. The second kappa shape index (κ2) is 36.7. The number of hydrogen-bond donors (Lipinski definition) is 8. The van der Waals surface area contributed by atoms with E-state index in [0.717, 1.165) is 24.5 Å². The monoisotopic (exact) mass is 1300 g/mol. The zero-order valence-electron chi connectivity index (χ0n) is 57.9. The minimum Gasteiger partial charge on any atom is -0.391 e. The van der Waals surface area contributed by atoms with E-state index in [4.69, 9.17) is 0 Å². The van der Waals surface area contributed by atoms with E-state index in [1.807, 2.05) is 41.5 Å². The first-order chi connectivity index (χ1) is 41.9. The van der Waals surface area contributed by atoms with Crippen molar-refractivity contribution in [2.24, 2.45) is 35.5 Å². The van der Waals surface area contributed by atoms with Crippen LogP contribution in [0.3, 0.4) is 0 Å². The molecule has 1 fully saturated rings. The third kappa shape index (κ3) is 24.6. The van der Waals surface area contributed by atoms with Crippen molar-refractivity contribution in [2.75, 3.05) is 54.9 Å². The first kappa shape index (κ1) is 83.3. The Morgan fingerprint density at radius 3 is 1.53 bits per heavy atom. The standard InChI is InChI=1S/C63H112F4N12O12/c1-22-45(56(88)75(18)43(14)53(85)74-61(35-82,30-39(8)9)72-48(31-80)40(10)11)69-55(87)49(24-23-41(12)25-26-79-32-62(64,65)63(66,67)33-79)76(19)59(91)51(44(15)83)78(21)58(90)50(29-38(6)7)77(20)57(89)47(28-37(4)5)70-52(84)42(13)71-60(16,34-81)73-54(86)46(68-17)27-36(2)3/h31,34-51,68,71-72,83H,22-30,32-33H2,1-21H3,(H,69,87)(H,70,84)(H,73,86)(H,74,85). The molecule has 0 aromatic rings. The summed E-state index contributed by atoms with van der Waals surface area (Å²) in [6, 6.07) is -11.0. The number of alkyl halides is 4. The van der Waals surface area contributed by atoms with Gasteiger partial charge < -0.3 is 56.1 Å². The molecule has 0 aromatic heterocycles. The number of hydrogen-bond acceptors (Lipinski definition) is 16. The van der Waals surface area contributed by atoms with E-state index in [1.165, 1.54) is 55.9 Å². The Labute approximate surface area is 537 Å². The van der Waals surface area contributed by atoms with Gasteiger partial charge in [-0.2, -0.15) is 17.6 Å². The van der Waals surface area contributed by atoms with Crippen molar-refractivity contribution < 1.29 is 75.4 Å². The van der Waals surface area contributed by atoms with Crippen LogP contribution in [0.5, 0.6) is 0 Å². The van der Waals surface area contributed by atoms with Gasteiger partial charge in [-0.05, 0) is 128 Å². The molecule has 1 aliphatic rings. The smallest absolute Gasteiger partial charge is 0.323 e. The summed E-state index contributed by atoms with van der Waals surface area (Å²) in [4.78, 5) is 157. The Morgan fingerprint density at radius 2 is 1.08 bits per heavy atom. The average molecular weight is 1310 g/mol. The van der Waals surface area contributed by atoms with Gasteiger partial charge in [0.1, 0.15) is 53.9 Å². The number of carbonyl (C=O) groups excluding carboxylic acids is 11. The van der Waals surface area contributed by atoms with Gasteiger partial charge in [-0.1, -0.05) is 83.1 Å². The quantitative estimate of drug-likeness (QED) is 0.0248. The van der Waals surface area contributed by atoms with E-state index in [2.05, 4.69) is 37.2 Å². The third-order valence-electron chi connectivity index (χ3n) is 16.8. The van der Waals surface area contributed by atoms with Crippen LogP contribution in [0.15, 0.2) is 0 Å². The minimum atomic E-state index is -4.24. The number of aliphatic hydroxyl groups excluding tert-OH is 1. The number of halogens is 4. The number of aliphatic hydroxyl groups is 1. The molecule has 1 saturated heterocycles. The van der Waals surface area contributed by atoms with Crippen molar-refractivity contribution in [3.8, 4) is 0 Å². The maximum Gasteiger partial charge on any atom is 0.323 e. The molecule has 0 aromatic carbocycles. The van der Waals surface area contributed by atoms with Crippen LogP contribution in [0.4, 0.5) is 17.6 Å². The molecule has 13 atom stereocenters. The van der Waals surface area contributed by atoms with Crippen LogP contribution in [0, 0.1) is 35.5 Å². The summed E-state index contributed by atoms with van der Waals surface area (Å²) in [5, 5.41) is 31.0. The summed E-state index contributed by atoms with van der Waals surface area (Å²) in [7, 11) is 6.77. The van der Waals surface area contributed by atoms with Crippen LogP contribution in [0.1, 0.15) is 162 Å². The second-order valence-corrected chi connectivity index (χ2v) is 27.4. The van der Waals surface area contributed by atoms with Gasteiger partial charge in [-0.25, -0.2) is 0 Å². The van der Waals surface area contributed by atoms with E-state index in [-0.39, 0.29) is 81.1 Å². The fraction of sp³-hybridized carbons (Fsp3) is 0.825. The number of amides is 8. The molecule has 0 radical (unpaired) electrons. The van der Waals surface area contributed by atoms with Gasteiger partial charge in [0.15, 0.2) is 12.6 Å². The molecule has 1 aliphatic heterocycles. The van der Waals surface area contributed by atoms with Crippen LogP contribution in [-0.4, -0.2) is 234 Å². The van der Waals surface area contributed by atoms with Crippen LogP contribution in [0.25, 0.3) is 0 Å². The summed E-state index contributed by atoms with van der Waals surface area (Å²) in [6.45, 7) is 24.5. The summed E-state index contributed by atoms with van der Waals surface area (Å²) in [6.07, 6.45) is 0.561. The normalized spacial score (nSPS) is 19.0. The average Bonchev–Trinajstić information content (AvgIpc) is 1.67. The summed E-state index contributed by atoms with van der Waals surface area (Å²) in [5.41, 5.74) is -3.42. The molecule has 24 nitrogen and oxygen atoms in total. The predicted octanol–water partition coefficient (Wildman–Crippen LogP) is 3.07. The predicted molar refractivity (Wildman–Crippen MR) is 338 cm³/mol. The summed E-state index contributed by atoms with van der Waals surface area (Å²) < 4.78 is 56.6. The molecular weight excluding hydrogens is 1190 g/mol. The van der Waals surface area contributed by atoms with Crippen molar-refractivity contribution in [3.63, 3.8) is 0 Å². The largest absolute Gasteiger partial charge is 0.391 e. The molecule has 1 rings (SSSR count). The van der Waals surface area contributed by atoms with Crippen molar-refractivity contribution >= 4 is 66.1 Å². The summed E-state index contributed by atoms with van der Waals surface area (Å²) in [5.74, 6) is -15.7. The van der Waals surface area contributed by atoms with Gasteiger partial charge in [0, 0.05) is 28.2 Å². The maximum absolute atomic E-state index is 15.1. The van der Waals surface area contributed by atoms with Gasteiger partial charge in [0.05, 0.1) is 37.3 Å². The minimum absolute atomic E-state index is 0.0203. The highest BCUT2D eigenvalue weighted by Crippen LogP contribution is 2.41. The third-order valence-corrected chi connectivity index (χ3v) is 16.8. The molecule has 0 bridgehead atoms. The highest BCUT2D eigenvalue weighted by Gasteiger charge is 2.62. The van der Waals surface area contributed by atoms with E-state index >= 15 is 9.59 Å². The highest BCUT2D eigenvalue weighted by molar-refractivity contribution is 5.98. The van der Waals surface area contributed by atoms with Crippen LogP contribution in [-0.2, 0) is 52.7 Å². The number of likely N-dealkylation sites (N-methyl/N-ethyl adjacent to an activating group) is 5. The topological polar surface area (TPSA) is 308 Å². The lowest BCUT2D eigenvalue weighted by Crippen LogP contribution is -2.67. The number of rotatable bonds is 41. The molecule has 8 N–H and O–H groups in total. The van der Waals surface area contributed by atoms with Gasteiger partial charge in [-0.15, -0.1) is 0 Å². The number of nitrogens with one attached hydrogen (secondary N) is 7. The van der Waals surface area contributed by atoms with Gasteiger partial charge >= 0.3 is 11.8 Å². The van der Waals surface area contributed by atoms with Crippen molar-refractivity contribution in [3.05, 3.63) is 0 Å². The highest BCUT2D eigenvalue weighted by atomic mass is 19.3. The number of aldehydes is 3. The Balaban J connectivity index is 3.77. The lowest BCUT2D eigenvalue weighted by atomic mass is 9.94. The Hall–Kier alpha value is -5.71. The molecular formula is C63H112F4N12O12. The summed E-state index contributed by atoms with van der Waals surface area (Å²) >= 11 is 0. The maximum atomic E-state index is 15.1.